The van der Waals surface area contributed by atoms with Gasteiger partial charge in [-0.05, 0) is 24.1 Å². The van der Waals surface area contributed by atoms with Crippen LogP contribution < -0.4 is 5.32 Å². The summed E-state index contributed by atoms with van der Waals surface area (Å²) in [5, 5.41) is 7.48. The molecule has 1 atom stereocenters. The summed E-state index contributed by atoms with van der Waals surface area (Å²) in [5.74, 6) is -1.13. The van der Waals surface area contributed by atoms with Gasteiger partial charge in [0.15, 0.2) is 0 Å². The molecule has 0 aliphatic carbocycles. The molecule has 2 aromatic rings. The fourth-order valence-corrected chi connectivity index (χ4v) is 2.37. The van der Waals surface area contributed by atoms with Crippen LogP contribution in [-0.2, 0) is 11.2 Å². The number of rotatable bonds is 2. The van der Waals surface area contributed by atoms with Crippen LogP contribution in [0.4, 0.5) is 5.82 Å². The molecule has 0 saturated heterocycles. The second-order valence-corrected chi connectivity index (χ2v) is 5.03. The van der Waals surface area contributed by atoms with Crippen molar-refractivity contribution < 1.29 is 9.59 Å². The molecule has 0 bridgehead atoms. The number of halogens is 1. The van der Waals surface area contributed by atoms with E-state index in [9.17, 15) is 9.59 Å². The Kier molecular flexibility index (Phi) is 3.06. The molecule has 102 valence electrons. The summed E-state index contributed by atoms with van der Waals surface area (Å²) < 4.78 is 1.26. The van der Waals surface area contributed by atoms with Crippen molar-refractivity contribution in [2.24, 2.45) is 0 Å². The molecule has 0 fully saturated rings. The van der Waals surface area contributed by atoms with E-state index in [2.05, 4.69) is 10.4 Å². The van der Waals surface area contributed by atoms with Crippen molar-refractivity contribution in [3.05, 3.63) is 46.6 Å². The van der Waals surface area contributed by atoms with Crippen molar-refractivity contribution in [2.45, 2.75) is 19.3 Å². The number of amides is 1. The zero-order chi connectivity index (χ0) is 14.3. The standard InChI is InChI=1S/C14H12ClN3O2/c1-2-10-7-11-16-13(19)12(14(20)18(11)17-10)8-3-5-9(15)6-4-8/h3-7,12H,2H2,1H3,(H,16,19). The van der Waals surface area contributed by atoms with Crippen LogP contribution in [0.25, 0.3) is 0 Å². The average Bonchev–Trinajstić information content (AvgIpc) is 2.84. The van der Waals surface area contributed by atoms with E-state index in [1.165, 1.54) is 4.68 Å². The van der Waals surface area contributed by atoms with E-state index in [0.717, 1.165) is 5.69 Å². The first-order chi connectivity index (χ1) is 9.60. The van der Waals surface area contributed by atoms with Gasteiger partial charge in [0.25, 0.3) is 5.91 Å². The lowest BCUT2D eigenvalue weighted by Crippen LogP contribution is -2.38. The Bertz CT molecular complexity index is 691. The van der Waals surface area contributed by atoms with Gasteiger partial charge < -0.3 is 5.32 Å². The molecule has 2 heterocycles. The molecule has 6 heteroatoms. The third kappa shape index (κ3) is 2.00. The molecule has 1 aliphatic heterocycles. The number of nitrogens with one attached hydrogen (secondary N) is 1. The first-order valence-electron chi connectivity index (χ1n) is 6.29. The number of hydrogen-bond donors (Lipinski definition) is 1. The molecule has 20 heavy (non-hydrogen) atoms. The van der Waals surface area contributed by atoms with Crippen molar-refractivity contribution >= 4 is 29.2 Å². The van der Waals surface area contributed by atoms with Gasteiger partial charge in [-0.2, -0.15) is 9.78 Å². The smallest absolute Gasteiger partial charge is 0.265 e. The summed E-state index contributed by atoms with van der Waals surface area (Å²) in [7, 11) is 0. The highest BCUT2D eigenvalue weighted by molar-refractivity contribution is 6.30. The highest BCUT2D eigenvalue weighted by Gasteiger charge is 2.36. The van der Waals surface area contributed by atoms with Crippen LogP contribution in [0.2, 0.25) is 5.02 Å². The van der Waals surface area contributed by atoms with Crippen molar-refractivity contribution in [3.63, 3.8) is 0 Å². The molecule has 1 aliphatic rings. The van der Waals surface area contributed by atoms with Gasteiger partial charge in [0.2, 0.25) is 5.91 Å². The number of benzene rings is 1. The predicted octanol–water partition coefficient (Wildman–Crippen LogP) is 2.47. The van der Waals surface area contributed by atoms with E-state index in [1.807, 2.05) is 6.92 Å². The Hall–Kier alpha value is -2.14. The lowest BCUT2D eigenvalue weighted by atomic mass is 9.96. The molecule has 3 rings (SSSR count). The molecule has 1 aromatic heterocycles. The lowest BCUT2D eigenvalue weighted by Gasteiger charge is -2.21. The molecule has 0 saturated carbocycles. The van der Waals surface area contributed by atoms with Crippen molar-refractivity contribution in [2.75, 3.05) is 5.32 Å². The zero-order valence-corrected chi connectivity index (χ0v) is 11.5. The SMILES string of the molecule is CCc1cc2n(n1)C(=O)C(c1ccc(Cl)cc1)C(=O)N2. The zero-order valence-electron chi connectivity index (χ0n) is 10.8. The molecule has 1 aromatic carbocycles. The molecule has 0 spiro atoms. The summed E-state index contributed by atoms with van der Waals surface area (Å²) in [6.45, 7) is 1.94. The quantitative estimate of drug-likeness (QED) is 0.864. The monoisotopic (exact) mass is 289 g/mol. The maximum absolute atomic E-state index is 12.4. The number of aryl methyl sites for hydroxylation is 1. The normalized spacial score (nSPS) is 17.8. The number of aromatic nitrogens is 2. The van der Waals surface area contributed by atoms with Gasteiger partial charge >= 0.3 is 0 Å². The van der Waals surface area contributed by atoms with Gasteiger partial charge in [-0.1, -0.05) is 30.7 Å². The Balaban J connectivity index is 2.03. The molecule has 1 amide bonds. The van der Waals surface area contributed by atoms with E-state index < -0.39 is 5.92 Å². The van der Waals surface area contributed by atoms with Crippen molar-refractivity contribution in [1.29, 1.82) is 0 Å². The van der Waals surface area contributed by atoms with E-state index in [1.54, 1.807) is 30.3 Å². The number of nitrogens with zero attached hydrogens (tertiary/aromatic N) is 2. The van der Waals surface area contributed by atoms with Crippen molar-refractivity contribution in [3.8, 4) is 0 Å². The van der Waals surface area contributed by atoms with Crippen LogP contribution in [0.3, 0.4) is 0 Å². The first-order valence-corrected chi connectivity index (χ1v) is 6.67. The van der Waals surface area contributed by atoms with Gasteiger partial charge in [0.05, 0.1) is 5.69 Å². The highest BCUT2D eigenvalue weighted by Crippen LogP contribution is 2.27. The molecular formula is C14H12ClN3O2. The number of anilines is 1. The van der Waals surface area contributed by atoms with Crippen LogP contribution in [0.15, 0.2) is 30.3 Å². The van der Waals surface area contributed by atoms with Crippen molar-refractivity contribution in [1.82, 2.24) is 9.78 Å². The first kappa shape index (κ1) is 12.9. The third-order valence-corrected chi connectivity index (χ3v) is 3.55. The second kappa shape index (κ2) is 4.76. The van der Waals surface area contributed by atoms with Gasteiger partial charge in [-0.3, -0.25) is 9.59 Å². The van der Waals surface area contributed by atoms with Gasteiger partial charge in [0, 0.05) is 11.1 Å². The lowest BCUT2D eigenvalue weighted by molar-refractivity contribution is -0.117. The van der Waals surface area contributed by atoms with Gasteiger partial charge in [-0.25, -0.2) is 0 Å². The van der Waals surface area contributed by atoms with Gasteiger partial charge in [0.1, 0.15) is 11.7 Å². The molecule has 1 unspecified atom stereocenters. The molecule has 0 radical (unpaired) electrons. The predicted molar refractivity (Wildman–Crippen MR) is 75.1 cm³/mol. The average molecular weight is 290 g/mol. The fraction of sp³-hybridized carbons (Fsp3) is 0.214. The Morgan fingerprint density at radius 1 is 1.30 bits per heavy atom. The maximum Gasteiger partial charge on any atom is 0.265 e. The number of hydrogen-bond acceptors (Lipinski definition) is 3. The minimum atomic E-state index is -0.885. The van der Waals surface area contributed by atoms with E-state index in [-0.39, 0.29) is 11.8 Å². The summed E-state index contributed by atoms with van der Waals surface area (Å²) in [5.41, 5.74) is 1.38. The fourth-order valence-electron chi connectivity index (χ4n) is 2.24. The summed E-state index contributed by atoms with van der Waals surface area (Å²) in [4.78, 5) is 24.6. The third-order valence-electron chi connectivity index (χ3n) is 3.29. The highest BCUT2D eigenvalue weighted by atomic mass is 35.5. The number of carbonyl (C=O) groups excluding carboxylic acids is 2. The van der Waals surface area contributed by atoms with Crippen LogP contribution >= 0.6 is 11.6 Å². The van der Waals surface area contributed by atoms with Gasteiger partial charge in [-0.15, -0.1) is 0 Å². The van der Waals surface area contributed by atoms with E-state index in [0.29, 0.717) is 22.8 Å². The van der Waals surface area contributed by atoms with Crippen LogP contribution in [0.1, 0.15) is 28.9 Å². The molecule has 1 N–H and O–H groups in total. The van der Waals surface area contributed by atoms with E-state index in [4.69, 9.17) is 11.6 Å². The Labute approximate surface area is 120 Å². The Morgan fingerprint density at radius 2 is 2.00 bits per heavy atom. The molecule has 5 nitrogen and oxygen atoms in total. The van der Waals surface area contributed by atoms with Crippen LogP contribution in [-0.4, -0.2) is 21.6 Å². The number of fused-ring (bicyclic) bond motifs is 1. The summed E-state index contributed by atoms with van der Waals surface area (Å²) >= 11 is 5.82. The van der Waals surface area contributed by atoms with Crippen LogP contribution in [0, 0.1) is 0 Å². The summed E-state index contributed by atoms with van der Waals surface area (Å²) in [6.07, 6.45) is 0.703. The Morgan fingerprint density at radius 3 is 2.65 bits per heavy atom. The largest absolute Gasteiger partial charge is 0.309 e. The topological polar surface area (TPSA) is 64.0 Å². The maximum atomic E-state index is 12.4. The summed E-state index contributed by atoms with van der Waals surface area (Å²) in [6, 6.07) is 8.40. The second-order valence-electron chi connectivity index (χ2n) is 4.60. The number of carbonyl (C=O) groups is 2. The molecular weight excluding hydrogens is 278 g/mol. The van der Waals surface area contributed by atoms with E-state index >= 15 is 0 Å². The van der Waals surface area contributed by atoms with Crippen LogP contribution in [0.5, 0.6) is 0 Å². The minimum Gasteiger partial charge on any atom is -0.309 e. The minimum absolute atomic E-state index is 0.340.